The van der Waals surface area contributed by atoms with Crippen molar-refractivity contribution in [2.75, 3.05) is 53.4 Å². The number of hydrogen-bond donors (Lipinski definition) is 3. The smallest absolute Gasteiger partial charge is 0.300 e. The van der Waals surface area contributed by atoms with Crippen LogP contribution >= 0.6 is 0 Å². The Morgan fingerprint density at radius 2 is 1.36 bits per heavy atom. The van der Waals surface area contributed by atoms with Crippen molar-refractivity contribution in [1.82, 2.24) is 24.4 Å². The molecule has 5 nitrogen and oxygen atoms in total. The summed E-state index contributed by atoms with van der Waals surface area (Å²) in [5, 5.41) is 0. The maximum atomic E-state index is 3.67. The minimum atomic E-state index is -1.75. The van der Waals surface area contributed by atoms with E-state index < -0.39 is 8.72 Å². The molecule has 14 heavy (non-hydrogen) atoms. The van der Waals surface area contributed by atoms with Crippen LogP contribution in [-0.4, -0.2) is 71.5 Å². The standard InChI is InChI=1S/C8H21N5Si/c1-12(2)14-9-3-6-13(7-4-10-14)8-5-11-14/h9-11H,3-8H2,1-2H3. The molecule has 0 aliphatic carbocycles. The lowest BCUT2D eigenvalue weighted by atomic mass is 10.4. The van der Waals surface area contributed by atoms with Crippen LogP contribution in [0.5, 0.6) is 0 Å². The van der Waals surface area contributed by atoms with Gasteiger partial charge in [-0.25, -0.2) is 0 Å². The molecular weight excluding hydrogens is 194 g/mol. The van der Waals surface area contributed by atoms with Gasteiger partial charge in [0, 0.05) is 39.3 Å². The monoisotopic (exact) mass is 215 g/mol. The Hall–Kier alpha value is 0.0169. The Bertz CT molecular complexity index is 172. The summed E-state index contributed by atoms with van der Waals surface area (Å²) in [4.78, 5) is 13.5. The second-order valence-corrected chi connectivity index (χ2v) is 7.60. The van der Waals surface area contributed by atoms with Gasteiger partial charge in [0.15, 0.2) is 0 Å². The molecule has 82 valence electrons. The minimum absolute atomic E-state index is 1.09. The summed E-state index contributed by atoms with van der Waals surface area (Å²) in [6.45, 7) is 6.82. The highest BCUT2D eigenvalue weighted by atomic mass is 28.4. The van der Waals surface area contributed by atoms with Gasteiger partial charge < -0.3 is 0 Å². The molecule has 0 aromatic rings. The van der Waals surface area contributed by atoms with E-state index in [0.29, 0.717) is 0 Å². The van der Waals surface area contributed by atoms with Gasteiger partial charge in [-0.05, 0) is 14.1 Å². The normalized spacial score (nSPS) is 39.2. The van der Waals surface area contributed by atoms with Gasteiger partial charge in [-0.3, -0.25) is 24.4 Å². The number of nitrogens with one attached hydrogen (secondary N) is 3. The lowest BCUT2D eigenvalue weighted by Gasteiger charge is -2.44. The number of hydrogen-bond acceptors (Lipinski definition) is 5. The van der Waals surface area contributed by atoms with E-state index in [1.54, 1.807) is 0 Å². The van der Waals surface area contributed by atoms with E-state index in [9.17, 15) is 0 Å². The molecule has 3 aliphatic rings. The summed E-state index contributed by atoms with van der Waals surface area (Å²) in [5.41, 5.74) is 0. The zero-order chi connectivity index (χ0) is 10.0. The summed E-state index contributed by atoms with van der Waals surface area (Å²) < 4.78 is 2.31. The van der Waals surface area contributed by atoms with E-state index >= 15 is 0 Å². The van der Waals surface area contributed by atoms with Crippen LogP contribution in [0.25, 0.3) is 0 Å². The first-order chi connectivity index (χ1) is 6.73. The predicted molar refractivity (Wildman–Crippen MR) is 59.9 cm³/mol. The van der Waals surface area contributed by atoms with Gasteiger partial charge in [-0.15, -0.1) is 0 Å². The molecule has 2 bridgehead atoms. The maximum Gasteiger partial charge on any atom is 0.368 e. The zero-order valence-corrected chi connectivity index (χ0v) is 10.1. The molecule has 3 N–H and O–H groups in total. The average molecular weight is 215 g/mol. The van der Waals surface area contributed by atoms with Crippen molar-refractivity contribution in [3.05, 3.63) is 0 Å². The molecule has 3 aliphatic heterocycles. The molecular formula is C8H21N5Si. The Morgan fingerprint density at radius 3 is 1.71 bits per heavy atom. The van der Waals surface area contributed by atoms with Crippen molar-refractivity contribution in [2.45, 2.75) is 0 Å². The van der Waals surface area contributed by atoms with E-state index in [4.69, 9.17) is 0 Å². The second-order valence-electron chi connectivity index (χ2n) is 4.23. The third kappa shape index (κ3) is 2.00. The largest absolute Gasteiger partial charge is 0.368 e. The van der Waals surface area contributed by atoms with Crippen molar-refractivity contribution in [1.29, 1.82) is 0 Å². The highest BCUT2D eigenvalue weighted by molar-refractivity contribution is 6.69. The van der Waals surface area contributed by atoms with Crippen LogP contribution in [0.4, 0.5) is 0 Å². The van der Waals surface area contributed by atoms with Crippen molar-refractivity contribution in [3.63, 3.8) is 0 Å². The molecule has 0 aromatic heterocycles. The molecule has 0 radical (unpaired) electrons. The van der Waals surface area contributed by atoms with Gasteiger partial charge in [-0.2, -0.15) is 0 Å². The van der Waals surface area contributed by atoms with E-state index in [1.807, 2.05) is 0 Å². The molecule has 3 heterocycles. The molecule has 3 fully saturated rings. The minimum Gasteiger partial charge on any atom is -0.300 e. The van der Waals surface area contributed by atoms with Crippen molar-refractivity contribution in [3.8, 4) is 0 Å². The van der Waals surface area contributed by atoms with E-state index in [-0.39, 0.29) is 0 Å². The van der Waals surface area contributed by atoms with Gasteiger partial charge >= 0.3 is 8.72 Å². The molecule has 0 saturated carbocycles. The van der Waals surface area contributed by atoms with Gasteiger partial charge in [0.25, 0.3) is 0 Å². The number of fused-ring (bicyclic) bond motifs is 6. The molecule has 0 unspecified atom stereocenters. The Balaban J connectivity index is 2.12. The average Bonchev–Trinajstić information content (AvgIpc) is 1.99. The van der Waals surface area contributed by atoms with Crippen LogP contribution in [0.15, 0.2) is 0 Å². The van der Waals surface area contributed by atoms with E-state index in [0.717, 1.165) is 19.6 Å². The van der Waals surface area contributed by atoms with Crippen LogP contribution in [0.2, 0.25) is 0 Å². The van der Waals surface area contributed by atoms with Gasteiger partial charge in [0.1, 0.15) is 0 Å². The third-order valence-corrected chi connectivity index (χ3v) is 6.72. The molecule has 3 saturated heterocycles. The lowest BCUT2D eigenvalue weighted by molar-refractivity contribution is 0.258. The fraction of sp³-hybridized carbons (Fsp3) is 1.00. The molecule has 3 rings (SSSR count). The maximum absolute atomic E-state index is 3.67. The first kappa shape index (κ1) is 10.5. The zero-order valence-electron chi connectivity index (χ0n) is 9.14. The number of rotatable bonds is 1. The second kappa shape index (κ2) is 4.26. The molecule has 0 atom stereocenters. The topological polar surface area (TPSA) is 42.6 Å². The Morgan fingerprint density at radius 1 is 0.929 bits per heavy atom. The Kier molecular flexibility index (Phi) is 3.20. The molecule has 0 spiro atoms. The van der Waals surface area contributed by atoms with E-state index in [1.165, 1.54) is 19.6 Å². The van der Waals surface area contributed by atoms with E-state index in [2.05, 4.69) is 38.5 Å². The summed E-state index contributed by atoms with van der Waals surface area (Å²) in [7, 11) is 2.56. The summed E-state index contributed by atoms with van der Waals surface area (Å²) in [5.74, 6) is 0. The quantitative estimate of drug-likeness (QED) is 0.445. The van der Waals surface area contributed by atoms with Crippen LogP contribution in [0.1, 0.15) is 0 Å². The summed E-state index contributed by atoms with van der Waals surface area (Å²) in [6, 6.07) is 0. The van der Waals surface area contributed by atoms with Gasteiger partial charge in [0.2, 0.25) is 0 Å². The van der Waals surface area contributed by atoms with Crippen molar-refractivity contribution >= 4 is 8.72 Å². The van der Waals surface area contributed by atoms with Crippen LogP contribution in [-0.2, 0) is 0 Å². The lowest BCUT2D eigenvalue weighted by Crippen LogP contribution is -2.83. The van der Waals surface area contributed by atoms with Gasteiger partial charge in [-0.1, -0.05) is 0 Å². The predicted octanol–water partition coefficient (Wildman–Crippen LogP) is -1.92. The van der Waals surface area contributed by atoms with Gasteiger partial charge in [0.05, 0.1) is 0 Å². The highest BCUT2D eigenvalue weighted by Gasteiger charge is 2.39. The first-order valence-electron chi connectivity index (χ1n) is 5.38. The Labute approximate surface area is 87.2 Å². The summed E-state index contributed by atoms with van der Waals surface area (Å²) >= 11 is 0. The van der Waals surface area contributed by atoms with Crippen molar-refractivity contribution < 1.29 is 0 Å². The fourth-order valence-corrected chi connectivity index (χ4v) is 4.93. The molecule has 6 heteroatoms. The first-order valence-corrected chi connectivity index (χ1v) is 7.32. The SMILES string of the molecule is CN(C)[Si]12NCCN(CCN1)CCN2. The molecule has 0 aromatic carbocycles. The summed E-state index contributed by atoms with van der Waals surface area (Å²) in [6.07, 6.45) is 0. The number of nitrogens with zero attached hydrogens (tertiary/aromatic N) is 2. The third-order valence-electron chi connectivity index (χ3n) is 3.10. The fourth-order valence-electron chi connectivity index (χ4n) is 2.18. The van der Waals surface area contributed by atoms with Crippen LogP contribution < -0.4 is 14.9 Å². The van der Waals surface area contributed by atoms with Crippen molar-refractivity contribution in [2.24, 2.45) is 0 Å². The van der Waals surface area contributed by atoms with Crippen LogP contribution in [0.3, 0.4) is 0 Å². The molecule has 0 amide bonds. The van der Waals surface area contributed by atoms with Crippen LogP contribution in [0, 0.1) is 0 Å². The highest BCUT2D eigenvalue weighted by Crippen LogP contribution is 2.01.